The maximum Gasteiger partial charge on any atom is 0.339 e. The summed E-state index contributed by atoms with van der Waals surface area (Å²) >= 11 is 13.9. The molecule has 4 saturated carbocycles. The second-order valence-electron chi connectivity index (χ2n) is 23.7. The van der Waals surface area contributed by atoms with Gasteiger partial charge in [-0.2, -0.15) is 0 Å². The molecule has 4 fully saturated rings. The number of hydrogen-bond acceptors (Lipinski definition) is 6. The lowest BCUT2D eigenvalue weighted by atomic mass is 9.44. The zero-order chi connectivity index (χ0) is 53.8. The number of hydrogen-bond donors (Lipinski definition) is 4. The standard InChI is InChI=1S/C63H76Cl2O10/c1-37(2)8-6-9-38(3)51-22-23-52-48-21-20-46-28-39(24-26-62(46,4)53(48)25-27-63(51,52)5)10-7-11-47(44-31-49(60(70)71)58(54(64)33-44)74-35-42-16-12-40(13-17-42)29-56(66)67)45-32-50(61(72)73)59(55(65)34-45)75-36-43-18-14-41(15-19-43)30-57(68)69/h11-19,31-34,37-39,46,48,51-53H,6-10,20-30,35-36H2,1-5H3,(H,66,67)(H,68,69)(H,70,71)(H,72,73)/t38-,39+,46?,48+,51-,52+,53+,62+,63-/m1/s1. The zero-order valence-corrected chi connectivity index (χ0v) is 45.9. The Balaban J connectivity index is 1.03. The van der Waals surface area contributed by atoms with Crippen LogP contribution in [0.5, 0.6) is 11.5 Å². The van der Waals surface area contributed by atoms with Crippen molar-refractivity contribution < 1.29 is 49.1 Å². The first kappa shape index (κ1) is 55.9. The number of aliphatic carboxylic acids is 2. The molecule has 75 heavy (non-hydrogen) atoms. The number of ether oxygens (including phenoxy) is 2. The molecule has 4 N–H and O–H groups in total. The average Bonchev–Trinajstić information content (AvgIpc) is 3.74. The predicted molar refractivity (Wildman–Crippen MR) is 294 cm³/mol. The van der Waals surface area contributed by atoms with E-state index < -0.39 is 23.9 Å². The van der Waals surface area contributed by atoms with Gasteiger partial charge in [0.15, 0.2) is 11.5 Å². The second kappa shape index (κ2) is 23.9. The predicted octanol–water partition coefficient (Wildman–Crippen LogP) is 15.8. The van der Waals surface area contributed by atoms with E-state index in [2.05, 4.69) is 40.7 Å². The van der Waals surface area contributed by atoms with Crippen LogP contribution in [0.4, 0.5) is 0 Å². The summed E-state index contributed by atoms with van der Waals surface area (Å²) in [6, 6.07) is 19.9. The minimum absolute atomic E-state index is 0.0257. The molecule has 9 atom stereocenters. The number of fused-ring (bicyclic) bond motifs is 5. The summed E-state index contributed by atoms with van der Waals surface area (Å²) in [7, 11) is 0. The highest BCUT2D eigenvalue weighted by Crippen LogP contribution is 2.69. The fraction of sp³-hybridized carbons (Fsp3) is 0.524. The maximum atomic E-state index is 13.0. The lowest BCUT2D eigenvalue weighted by Gasteiger charge is -2.61. The van der Waals surface area contributed by atoms with Gasteiger partial charge in [0.2, 0.25) is 0 Å². The van der Waals surface area contributed by atoms with E-state index in [1.807, 2.05) is 0 Å². The van der Waals surface area contributed by atoms with Crippen LogP contribution in [0, 0.1) is 58.2 Å². The summed E-state index contributed by atoms with van der Waals surface area (Å²) in [5.41, 5.74) is 4.52. The van der Waals surface area contributed by atoms with Crippen molar-refractivity contribution in [2.24, 2.45) is 58.2 Å². The van der Waals surface area contributed by atoms with Crippen LogP contribution in [0.25, 0.3) is 5.57 Å². The number of carboxylic acids is 4. The number of halogens is 2. The summed E-state index contributed by atoms with van der Waals surface area (Å²) < 4.78 is 12.1. The monoisotopic (exact) mass is 1060 g/mol. The Labute approximate surface area is 453 Å². The highest BCUT2D eigenvalue weighted by atomic mass is 35.5. The van der Waals surface area contributed by atoms with Crippen molar-refractivity contribution in [1.82, 2.24) is 0 Å². The van der Waals surface area contributed by atoms with Crippen LogP contribution in [0.15, 0.2) is 78.9 Å². The van der Waals surface area contributed by atoms with Crippen molar-refractivity contribution in [2.45, 2.75) is 151 Å². The number of carboxylic acid groups (broad SMARTS) is 4. The van der Waals surface area contributed by atoms with Crippen LogP contribution in [-0.4, -0.2) is 44.3 Å². The number of aromatic carboxylic acids is 2. The van der Waals surface area contributed by atoms with E-state index in [0.29, 0.717) is 68.0 Å². The van der Waals surface area contributed by atoms with Crippen LogP contribution >= 0.6 is 23.2 Å². The lowest BCUT2D eigenvalue weighted by molar-refractivity contribution is -0.137. The molecule has 0 bridgehead atoms. The molecular weight excluding hydrogens is 988 g/mol. The highest BCUT2D eigenvalue weighted by Gasteiger charge is 2.60. The Morgan fingerprint density at radius 3 is 1.65 bits per heavy atom. The summed E-state index contributed by atoms with van der Waals surface area (Å²) in [4.78, 5) is 48.4. The third-order valence-electron chi connectivity index (χ3n) is 18.6. The van der Waals surface area contributed by atoms with E-state index >= 15 is 0 Å². The van der Waals surface area contributed by atoms with Gasteiger partial charge >= 0.3 is 23.9 Å². The fourth-order valence-corrected chi connectivity index (χ4v) is 15.3. The zero-order valence-electron chi connectivity index (χ0n) is 44.3. The van der Waals surface area contributed by atoms with E-state index in [1.54, 1.807) is 60.7 Å². The highest BCUT2D eigenvalue weighted by molar-refractivity contribution is 6.33. The van der Waals surface area contributed by atoms with Crippen molar-refractivity contribution in [3.63, 3.8) is 0 Å². The molecule has 0 radical (unpaired) electrons. The molecule has 4 aliphatic rings. The molecule has 12 heteroatoms. The molecule has 8 rings (SSSR count). The molecule has 402 valence electrons. The molecule has 0 spiro atoms. The molecule has 0 aromatic heterocycles. The lowest BCUT2D eigenvalue weighted by Crippen LogP contribution is -2.53. The van der Waals surface area contributed by atoms with E-state index in [-0.39, 0.29) is 58.7 Å². The Morgan fingerprint density at radius 1 is 0.640 bits per heavy atom. The third-order valence-corrected chi connectivity index (χ3v) is 19.2. The molecule has 1 unspecified atom stereocenters. The molecule has 0 saturated heterocycles. The Kier molecular flexibility index (Phi) is 17.8. The van der Waals surface area contributed by atoms with Gasteiger partial charge in [-0.1, -0.05) is 132 Å². The van der Waals surface area contributed by atoms with E-state index in [4.69, 9.17) is 32.7 Å². The summed E-state index contributed by atoms with van der Waals surface area (Å²) in [6.45, 7) is 12.5. The normalized spacial score (nSPS) is 25.3. The summed E-state index contributed by atoms with van der Waals surface area (Å²) in [5.74, 6) is 1.54. The maximum absolute atomic E-state index is 13.0. The summed E-state index contributed by atoms with van der Waals surface area (Å²) in [5, 5.41) is 39.7. The molecule has 10 nitrogen and oxygen atoms in total. The van der Waals surface area contributed by atoms with E-state index in [0.717, 1.165) is 48.3 Å². The van der Waals surface area contributed by atoms with Crippen LogP contribution in [0.1, 0.15) is 179 Å². The Bertz CT molecular complexity index is 2610. The quantitative estimate of drug-likeness (QED) is 0.0595. The SMILES string of the molecule is CC(C)CCC[C@@H](C)[C@H]1CC[C@H]2[C@@H]3CCC4C[C@@H](CCC=C(c5cc(Cl)c(OCc6ccc(CC(=O)O)cc6)c(C(=O)O)c5)c5cc(Cl)c(OCc6ccc(CC(=O)O)cc6)c(C(=O)O)c5)CC[C@]4(C)[C@H]3CC[C@]12C. The molecule has 0 amide bonds. The third kappa shape index (κ3) is 12.8. The van der Waals surface area contributed by atoms with Crippen LogP contribution in [-0.2, 0) is 35.6 Å². The Hall–Kier alpha value is -5.32. The van der Waals surface area contributed by atoms with Gasteiger partial charge in [-0.25, -0.2) is 9.59 Å². The first-order valence-electron chi connectivity index (χ1n) is 27.4. The minimum Gasteiger partial charge on any atom is -0.486 e. The smallest absolute Gasteiger partial charge is 0.339 e. The molecular formula is C63H76Cl2O10. The van der Waals surface area contributed by atoms with Crippen LogP contribution in [0.2, 0.25) is 10.0 Å². The second-order valence-corrected chi connectivity index (χ2v) is 24.5. The number of benzene rings is 4. The van der Waals surface area contributed by atoms with E-state index in [1.165, 1.54) is 82.8 Å². The van der Waals surface area contributed by atoms with Gasteiger partial charge in [-0.15, -0.1) is 0 Å². The van der Waals surface area contributed by atoms with Crippen molar-refractivity contribution >= 4 is 52.7 Å². The van der Waals surface area contributed by atoms with Gasteiger partial charge in [0, 0.05) is 0 Å². The van der Waals surface area contributed by atoms with Crippen LogP contribution < -0.4 is 9.47 Å². The average molecular weight is 1060 g/mol. The summed E-state index contributed by atoms with van der Waals surface area (Å²) in [6.07, 6.45) is 19.1. The minimum atomic E-state index is -1.27. The molecule has 4 aromatic rings. The number of rotatable bonds is 22. The largest absolute Gasteiger partial charge is 0.486 e. The van der Waals surface area contributed by atoms with Gasteiger partial charge in [0.1, 0.15) is 24.3 Å². The van der Waals surface area contributed by atoms with Gasteiger partial charge in [-0.3, -0.25) is 9.59 Å². The van der Waals surface area contributed by atoms with E-state index in [9.17, 15) is 39.6 Å². The Morgan fingerprint density at radius 2 is 1.15 bits per heavy atom. The van der Waals surface area contributed by atoms with Gasteiger partial charge in [0.25, 0.3) is 0 Å². The molecule has 0 heterocycles. The topological polar surface area (TPSA) is 168 Å². The first-order valence-corrected chi connectivity index (χ1v) is 28.2. The van der Waals surface area contributed by atoms with Crippen molar-refractivity contribution in [3.8, 4) is 11.5 Å². The number of carbonyl (C=O) groups is 4. The van der Waals surface area contributed by atoms with Crippen molar-refractivity contribution in [2.75, 3.05) is 0 Å². The van der Waals surface area contributed by atoms with Gasteiger partial charge in [0.05, 0.1) is 22.9 Å². The number of allylic oxidation sites excluding steroid dienone is 1. The van der Waals surface area contributed by atoms with Crippen molar-refractivity contribution in [3.05, 3.63) is 133 Å². The first-order chi connectivity index (χ1) is 35.7. The fourth-order valence-electron chi connectivity index (χ4n) is 14.8. The van der Waals surface area contributed by atoms with Gasteiger partial charge < -0.3 is 29.9 Å². The molecule has 4 aromatic carbocycles. The molecule has 0 aliphatic heterocycles. The molecule has 4 aliphatic carbocycles. The van der Waals surface area contributed by atoms with Crippen molar-refractivity contribution in [1.29, 1.82) is 0 Å². The van der Waals surface area contributed by atoms with Crippen LogP contribution in [0.3, 0.4) is 0 Å². The van der Waals surface area contributed by atoms with Gasteiger partial charge in [-0.05, 0) is 192 Å².